The zero-order valence-corrected chi connectivity index (χ0v) is 6.89. The van der Waals surface area contributed by atoms with Crippen LogP contribution in [0.1, 0.15) is 26.7 Å². The highest BCUT2D eigenvalue weighted by Crippen LogP contribution is 1.87. The molecule has 0 heterocycles. The molecule has 0 rings (SSSR count). The predicted molar refractivity (Wildman–Crippen MR) is 43.0 cm³/mol. The smallest absolute Gasteiger partial charge is 0.120 e. The number of carbonyl (C=O) groups excluding carboxylic acids is 1. The molecule has 0 saturated heterocycles. The molecule has 0 aromatic heterocycles. The molecule has 0 aliphatic carbocycles. The van der Waals surface area contributed by atoms with E-state index in [0.29, 0.717) is 12.3 Å². The van der Waals surface area contributed by atoms with Gasteiger partial charge in [0.05, 0.1) is 0 Å². The van der Waals surface area contributed by atoms with Crippen LogP contribution in [0.5, 0.6) is 0 Å². The second-order valence-corrected chi connectivity index (χ2v) is 2.91. The highest BCUT2D eigenvalue weighted by Gasteiger charge is 1.90. The number of nitrogens with one attached hydrogen (secondary N) is 1. The molecule has 0 atom stereocenters. The van der Waals surface area contributed by atoms with Crippen LogP contribution < -0.4 is 5.32 Å². The second-order valence-electron chi connectivity index (χ2n) is 2.91. The Labute approximate surface area is 63.0 Å². The zero-order valence-electron chi connectivity index (χ0n) is 6.89. The van der Waals surface area contributed by atoms with E-state index in [1.165, 1.54) is 0 Å². The Bertz CT molecular complexity index is 81.3. The van der Waals surface area contributed by atoms with Gasteiger partial charge in [0, 0.05) is 6.42 Å². The Hall–Kier alpha value is -0.370. The van der Waals surface area contributed by atoms with E-state index in [4.69, 9.17) is 0 Å². The Kier molecular flexibility index (Phi) is 6.50. The Morgan fingerprint density at radius 1 is 1.50 bits per heavy atom. The van der Waals surface area contributed by atoms with Gasteiger partial charge in [-0.3, -0.25) is 0 Å². The van der Waals surface area contributed by atoms with Crippen LogP contribution in [-0.4, -0.2) is 19.4 Å². The molecule has 0 aromatic rings. The Morgan fingerprint density at radius 3 is 2.70 bits per heavy atom. The average Bonchev–Trinajstić information content (AvgIpc) is 1.87. The summed E-state index contributed by atoms with van der Waals surface area (Å²) in [7, 11) is 0. The number of unbranched alkanes of at least 4 members (excludes halogenated alkanes) is 1. The second kappa shape index (κ2) is 6.75. The van der Waals surface area contributed by atoms with Crippen molar-refractivity contribution in [2.24, 2.45) is 5.92 Å². The molecule has 0 aliphatic rings. The van der Waals surface area contributed by atoms with Crippen molar-refractivity contribution < 1.29 is 4.79 Å². The van der Waals surface area contributed by atoms with Crippen molar-refractivity contribution in [3.05, 3.63) is 0 Å². The highest BCUT2D eigenvalue weighted by atomic mass is 16.1. The van der Waals surface area contributed by atoms with Crippen LogP contribution in [0.2, 0.25) is 0 Å². The van der Waals surface area contributed by atoms with E-state index in [-0.39, 0.29) is 0 Å². The van der Waals surface area contributed by atoms with Crippen molar-refractivity contribution >= 4 is 6.29 Å². The fraction of sp³-hybridized carbons (Fsp3) is 0.875. The van der Waals surface area contributed by atoms with Crippen LogP contribution in [0.15, 0.2) is 0 Å². The standard InChI is InChI=1S/C8H17NO/c1-8(2)7-9-5-3-4-6-10/h6,8-9H,3-5,7H2,1-2H3. The van der Waals surface area contributed by atoms with Crippen molar-refractivity contribution in [1.82, 2.24) is 5.32 Å². The van der Waals surface area contributed by atoms with Crippen LogP contribution in [-0.2, 0) is 4.79 Å². The fourth-order valence-corrected chi connectivity index (χ4v) is 0.701. The van der Waals surface area contributed by atoms with Gasteiger partial charge in [0.15, 0.2) is 0 Å². The molecule has 0 unspecified atom stereocenters. The first kappa shape index (κ1) is 9.63. The molecule has 10 heavy (non-hydrogen) atoms. The van der Waals surface area contributed by atoms with E-state index >= 15 is 0 Å². The van der Waals surface area contributed by atoms with E-state index in [2.05, 4.69) is 19.2 Å². The van der Waals surface area contributed by atoms with E-state index < -0.39 is 0 Å². The Balaban J connectivity index is 2.83. The van der Waals surface area contributed by atoms with Crippen molar-refractivity contribution in [1.29, 1.82) is 0 Å². The quantitative estimate of drug-likeness (QED) is 0.447. The van der Waals surface area contributed by atoms with E-state index in [1.807, 2.05) is 0 Å². The van der Waals surface area contributed by atoms with E-state index in [1.54, 1.807) is 0 Å². The maximum Gasteiger partial charge on any atom is 0.120 e. The van der Waals surface area contributed by atoms with Gasteiger partial charge in [-0.1, -0.05) is 13.8 Å². The minimum absolute atomic E-state index is 0.686. The summed E-state index contributed by atoms with van der Waals surface area (Å²) < 4.78 is 0. The molecular formula is C8H17NO. The van der Waals surface area contributed by atoms with E-state index in [9.17, 15) is 4.79 Å². The van der Waals surface area contributed by atoms with Gasteiger partial charge < -0.3 is 10.1 Å². The Morgan fingerprint density at radius 2 is 2.20 bits per heavy atom. The fourth-order valence-electron chi connectivity index (χ4n) is 0.701. The molecule has 0 radical (unpaired) electrons. The third kappa shape index (κ3) is 7.63. The van der Waals surface area contributed by atoms with Gasteiger partial charge in [0.1, 0.15) is 6.29 Å². The van der Waals surface area contributed by atoms with Crippen LogP contribution in [0.4, 0.5) is 0 Å². The average molecular weight is 143 g/mol. The first-order chi connectivity index (χ1) is 4.77. The van der Waals surface area contributed by atoms with Crippen molar-refractivity contribution in [3.8, 4) is 0 Å². The summed E-state index contributed by atoms with van der Waals surface area (Å²) in [5.74, 6) is 0.705. The zero-order chi connectivity index (χ0) is 7.82. The summed E-state index contributed by atoms with van der Waals surface area (Å²) in [6.45, 7) is 6.37. The van der Waals surface area contributed by atoms with Crippen LogP contribution in [0, 0.1) is 5.92 Å². The lowest BCUT2D eigenvalue weighted by atomic mass is 10.2. The predicted octanol–water partition coefficient (Wildman–Crippen LogP) is 1.21. The van der Waals surface area contributed by atoms with Gasteiger partial charge in [-0.05, 0) is 25.4 Å². The molecule has 0 saturated carbocycles. The number of hydrogen-bond donors (Lipinski definition) is 1. The van der Waals surface area contributed by atoms with Gasteiger partial charge in [-0.15, -0.1) is 0 Å². The summed E-state index contributed by atoms with van der Waals surface area (Å²) in [6.07, 6.45) is 2.62. The summed E-state index contributed by atoms with van der Waals surface area (Å²) >= 11 is 0. The SMILES string of the molecule is CC(C)CNCCCC=O. The van der Waals surface area contributed by atoms with Gasteiger partial charge in [-0.2, -0.15) is 0 Å². The molecule has 1 N–H and O–H groups in total. The summed E-state index contributed by atoms with van der Waals surface area (Å²) in [4.78, 5) is 9.87. The lowest BCUT2D eigenvalue weighted by Crippen LogP contribution is -2.20. The third-order valence-corrected chi connectivity index (χ3v) is 1.23. The number of aldehydes is 1. The van der Waals surface area contributed by atoms with Gasteiger partial charge >= 0.3 is 0 Å². The molecule has 0 aromatic carbocycles. The molecule has 0 amide bonds. The number of hydrogen-bond acceptors (Lipinski definition) is 2. The summed E-state index contributed by atoms with van der Waals surface area (Å²) in [5.41, 5.74) is 0. The van der Waals surface area contributed by atoms with Crippen molar-refractivity contribution in [2.75, 3.05) is 13.1 Å². The first-order valence-electron chi connectivity index (χ1n) is 3.91. The van der Waals surface area contributed by atoms with Crippen LogP contribution in [0.3, 0.4) is 0 Å². The number of rotatable bonds is 6. The highest BCUT2D eigenvalue weighted by molar-refractivity contribution is 5.48. The topological polar surface area (TPSA) is 29.1 Å². The van der Waals surface area contributed by atoms with E-state index in [0.717, 1.165) is 25.8 Å². The van der Waals surface area contributed by atoms with Gasteiger partial charge in [0.25, 0.3) is 0 Å². The van der Waals surface area contributed by atoms with Crippen molar-refractivity contribution in [3.63, 3.8) is 0 Å². The van der Waals surface area contributed by atoms with Crippen LogP contribution >= 0.6 is 0 Å². The third-order valence-electron chi connectivity index (χ3n) is 1.23. The maximum atomic E-state index is 9.87. The molecule has 0 bridgehead atoms. The normalized spacial score (nSPS) is 10.3. The molecule has 0 aliphatic heterocycles. The monoisotopic (exact) mass is 143 g/mol. The molecule has 0 fully saturated rings. The summed E-state index contributed by atoms with van der Waals surface area (Å²) in [5, 5.41) is 3.26. The minimum Gasteiger partial charge on any atom is -0.316 e. The molecule has 0 spiro atoms. The largest absolute Gasteiger partial charge is 0.316 e. The molecular weight excluding hydrogens is 126 g/mol. The summed E-state index contributed by atoms with van der Waals surface area (Å²) in [6, 6.07) is 0. The first-order valence-corrected chi connectivity index (χ1v) is 3.91. The minimum atomic E-state index is 0.686. The molecule has 60 valence electrons. The maximum absolute atomic E-state index is 9.87. The van der Waals surface area contributed by atoms with Crippen molar-refractivity contribution in [2.45, 2.75) is 26.7 Å². The number of carbonyl (C=O) groups is 1. The lowest BCUT2D eigenvalue weighted by Gasteiger charge is -2.04. The molecule has 2 heteroatoms. The van der Waals surface area contributed by atoms with Gasteiger partial charge in [-0.25, -0.2) is 0 Å². The molecule has 2 nitrogen and oxygen atoms in total. The lowest BCUT2D eigenvalue weighted by molar-refractivity contribution is -0.107. The van der Waals surface area contributed by atoms with Gasteiger partial charge in [0.2, 0.25) is 0 Å². The van der Waals surface area contributed by atoms with Crippen LogP contribution in [0.25, 0.3) is 0 Å².